The van der Waals surface area contributed by atoms with E-state index in [1.54, 1.807) is 43.3 Å². The Morgan fingerprint density at radius 1 is 1.06 bits per heavy atom. The second-order valence-corrected chi connectivity index (χ2v) is 8.10. The van der Waals surface area contributed by atoms with E-state index in [2.05, 4.69) is 17.1 Å². The van der Waals surface area contributed by atoms with Gasteiger partial charge in [0, 0.05) is 24.3 Å². The molecule has 7 heteroatoms. The molecular formula is C25H29N3O4. The minimum absolute atomic E-state index is 0.0436. The van der Waals surface area contributed by atoms with Crippen LogP contribution in [0.5, 0.6) is 0 Å². The maximum absolute atomic E-state index is 13.1. The van der Waals surface area contributed by atoms with E-state index in [0.29, 0.717) is 22.4 Å². The largest absolute Gasteiger partial charge is 0.462 e. The number of carbonyl (C=O) groups is 3. The molecule has 2 aliphatic heterocycles. The molecule has 1 atom stereocenters. The van der Waals surface area contributed by atoms with Crippen LogP contribution in [0.1, 0.15) is 70.6 Å². The maximum Gasteiger partial charge on any atom is 0.338 e. The third kappa shape index (κ3) is 4.20. The van der Waals surface area contributed by atoms with Gasteiger partial charge in [0.2, 0.25) is 0 Å². The first-order valence-corrected chi connectivity index (χ1v) is 11.3. The van der Waals surface area contributed by atoms with Crippen LogP contribution in [-0.2, 0) is 4.74 Å². The van der Waals surface area contributed by atoms with Crippen molar-refractivity contribution in [3.05, 3.63) is 59.2 Å². The summed E-state index contributed by atoms with van der Waals surface area (Å²) in [5.41, 5.74) is 2.82. The Bertz CT molecular complexity index is 1040. The lowest BCUT2D eigenvalue weighted by Gasteiger charge is -2.44. The molecule has 1 N–H and O–H groups in total. The smallest absolute Gasteiger partial charge is 0.338 e. The van der Waals surface area contributed by atoms with Gasteiger partial charge in [0.1, 0.15) is 6.17 Å². The van der Waals surface area contributed by atoms with Crippen molar-refractivity contribution < 1.29 is 19.1 Å². The van der Waals surface area contributed by atoms with Gasteiger partial charge >= 0.3 is 5.97 Å². The summed E-state index contributed by atoms with van der Waals surface area (Å²) in [7, 11) is 0. The highest BCUT2D eigenvalue weighted by Crippen LogP contribution is 2.35. The SMILES string of the molecule is CCOC(=O)c1cccc(NC(=O)c2ccc3c(c2)N(CC)C2CCCCCN2C3=O)c1. The fourth-order valence-electron chi connectivity index (χ4n) is 4.58. The molecule has 1 unspecified atom stereocenters. The zero-order valence-electron chi connectivity index (χ0n) is 18.6. The van der Waals surface area contributed by atoms with Crippen molar-refractivity contribution in [1.29, 1.82) is 0 Å². The van der Waals surface area contributed by atoms with E-state index in [0.717, 1.165) is 44.5 Å². The lowest BCUT2D eigenvalue weighted by Crippen LogP contribution is -2.55. The second-order valence-electron chi connectivity index (χ2n) is 8.10. The zero-order valence-corrected chi connectivity index (χ0v) is 18.6. The van der Waals surface area contributed by atoms with E-state index in [1.807, 2.05) is 11.0 Å². The highest BCUT2D eigenvalue weighted by Gasteiger charge is 2.37. The number of hydrogen-bond acceptors (Lipinski definition) is 5. The number of amides is 2. The summed E-state index contributed by atoms with van der Waals surface area (Å²) in [6, 6.07) is 11.9. The summed E-state index contributed by atoms with van der Waals surface area (Å²) in [5.74, 6) is -0.672. The molecule has 0 bridgehead atoms. The number of carbonyl (C=O) groups excluding carboxylic acids is 3. The van der Waals surface area contributed by atoms with Crippen LogP contribution in [0.3, 0.4) is 0 Å². The van der Waals surface area contributed by atoms with Crippen molar-refractivity contribution in [2.75, 3.05) is 29.9 Å². The number of hydrogen-bond donors (Lipinski definition) is 1. The van der Waals surface area contributed by atoms with Crippen molar-refractivity contribution in [3.8, 4) is 0 Å². The minimum Gasteiger partial charge on any atom is -0.462 e. The molecule has 1 fully saturated rings. The van der Waals surface area contributed by atoms with Gasteiger partial charge in [-0.05, 0) is 69.5 Å². The number of benzene rings is 2. The summed E-state index contributed by atoms with van der Waals surface area (Å²) in [5, 5.41) is 2.85. The van der Waals surface area contributed by atoms with Gasteiger partial charge in [-0.3, -0.25) is 9.59 Å². The molecule has 2 aromatic rings. The fraction of sp³-hybridized carbons (Fsp3) is 0.400. The van der Waals surface area contributed by atoms with Gasteiger partial charge in [-0.25, -0.2) is 4.79 Å². The van der Waals surface area contributed by atoms with Crippen LogP contribution in [0.15, 0.2) is 42.5 Å². The Balaban J connectivity index is 1.59. The molecule has 168 valence electrons. The molecule has 4 rings (SSSR count). The molecule has 2 aliphatic rings. The van der Waals surface area contributed by atoms with Gasteiger partial charge in [-0.1, -0.05) is 12.5 Å². The Labute approximate surface area is 188 Å². The van der Waals surface area contributed by atoms with Crippen molar-refractivity contribution >= 4 is 29.2 Å². The Morgan fingerprint density at radius 3 is 2.69 bits per heavy atom. The molecule has 0 radical (unpaired) electrons. The predicted molar refractivity (Wildman–Crippen MR) is 123 cm³/mol. The molecule has 7 nitrogen and oxygen atoms in total. The van der Waals surface area contributed by atoms with Crippen LogP contribution in [0.25, 0.3) is 0 Å². The lowest BCUT2D eigenvalue weighted by molar-refractivity contribution is 0.0525. The molecule has 0 saturated carbocycles. The van der Waals surface area contributed by atoms with Crippen LogP contribution in [-0.4, -0.2) is 48.5 Å². The summed E-state index contributed by atoms with van der Waals surface area (Å²) >= 11 is 0. The van der Waals surface area contributed by atoms with Crippen LogP contribution < -0.4 is 10.2 Å². The summed E-state index contributed by atoms with van der Waals surface area (Å²) < 4.78 is 5.03. The fourth-order valence-corrected chi connectivity index (χ4v) is 4.58. The topological polar surface area (TPSA) is 79.0 Å². The van der Waals surface area contributed by atoms with E-state index in [4.69, 9.17) is 4.74 Å². The minimum atomic E-state index is -0.428. The van der Waals surface area contributed by atoms with Crippen molar-refractivity contribution in [3.63, 3.8) is 0 Å². The Kier molecular flexibility index (Phi) is 6.44. The number of nitrogens with one attached hydrogen (secondary N) is 1. The van der Waals surface area contributed by atoms with Gasteiger partial charge in [-0.2, -0.15) is 0 Å². The summed E-state index contributed by atoms with van der Waals surface area (Å²) in [6.45, 7) is 5.65. The first kappa shape index (κ1) is 21.9. The normalized spacial score (nSPS) is 17.8. The van der Waals surface area contributed by atoms with Crippen LogP contribution >= 0.6 is 0 Å². The molecule has 0 spiro atoms. The average Bonchev–Trinajstić information content (AvgIpc) is 3.06. The Morgan fingerprint density at radius 2 is 1.91 bits per heavy atom. The highest BCUT2D eigenvalue weighted by molar-refractivity contribution is 6.08. The molecule has 0 aromatic heterocycles. The van der Waals surface area contributed by atoms with Crippen molar-refractivity contribution in [2.45, 2.75) is 45.7 Å². The molecule has 2 amide bonds. The van der Waals surface area contributed by atoms with Crippen LogP contribution in [0.2, 0.25) is 0 Å². The van der Waals surface area contributed by atoms with E-state index >= 15 is 0 Å². The predicted octanol–water partition coefficient (Wildman–Crippen LogP) is 4.30. The Hall–Kier alpha value is -3.35. The number of fused-ring (bicyclic) bond motifs is 2. The number of ether oxygens (including phenoxy) is 1. The maximum atomic E-state index is 13.1. The third-order valence-electron chi connectivity index (χ3n) is 6.11. The lowest BCUT2D eigenvalue weighted by atomic mass is 10.0. The summed E-state index contributed by atoms with van der Waals surface area (Å²) in [4.78, 5) is 42.3. The number of nitrogens with zero attached hydrogens (tertiary/aromatic N) is 2. The highest BCUT2D eigenvalue weighted by atomic mass is 16.5. The first-order chi connectivity index (χ1) is 15.5. The monoisotopic (exact) mass is 435 g/mol. The van der Waals surface area contributed by atoms with Crippen molar-refractivity contribution in [2.24, 2.45) is 0 Å². The molecule has 0 aliphatic carbocycles. The van der Waals surface area contributed by atoms with E-state index < -0.39 is 5.97 Å². The van der Waals surface area contributed by atoms with Gasteiger partial charge in [-0.15, -0.1) is 0 Å². The van der Waals surface area contributed by atoms with Crippen molar-refractivity contribution in [1.82, 2.24) is 4.90 Å². The standard InChI is InChI=1S/C25H29N3O4/c1-3-27-21-16-17(12-13-20(21)24(30)28-14-7-5-6-11-22(27)28)23(29)26-19-10-8-9-18(15-19)25(31)32-4-2/h8-10,12-13,15-16,22H,3-7,11,14H2,1-2H3,(H,26,29). The van der Waals surface area contributed by atoms with E-state index in [-0.39, 0.29) is 24.6 Å². The van der Waals surface area contributed by atoms with Crippen LogP contribution in [0, 0.1) is 0 Å². The summed E-state index contributed by atoms with van der Waals surface area (Å²) in [6.07, 6.45) is 4.24. The van der Waals surface area contributed by atoms with Gasteiger partial charge in [0.25, 0.3) is 11.8 Å². The van der Waals surface area contributed by atoms with Gasteiger partial charge in [0.05, 0.1) is 23.4 Å². The van der Waals surface area contributed by atoms with Gasteiger partial charge < -0.3 is 19.9 Å². The average molecular weight is 436 g/mol. The molecule has 32 heavy (non-hydrogen) atoms. The van der Waals surface area contributed by atoms with E-state index in [1.165, 1.54) is 0 Å². The first-order valence-electron chi connectivity index (χ1n) is 11.3. The molecular weight excluding hydrogens is 406 g/mol. The zero-order chi connectivity index (χ0) is 22.7. The third-order valence-corrected chi connectivity index (χ3v) is 6.11. The van der Waals surface area contributed by atoms with Gasteiger partial charge in [0.15, 0.2) is 0 Å². The number of esters is 1. The van der Waals surface area contributed by atoms with Crippen LogP contribution in [0.4, 0.5) is 11.4 Å². The quantitative estimate of drug-likeness (QED) is 0.709. The van der Waals surface area contributed by atoms with E-state index in [9.17, 15) is 14.4 Å². The molecule has 2 heterocycles. The molecule has 2 aromatic carbocycles. The second kappa shape index (κ2) is 9.42. The molecule has 1 saturated heterocycles. The number of anilines is 2. The number of rotatable bonds is 5.